The second kappa shape index (κ2) is 8.31. The van der Waals surface area contributed by atoms with Gasteiger partial charge in [-0.15, -0.1) is 11.3 Å². The van der Waals surface area contributed by atoms with Crippen molar-refractivity contribution in [1.82, 2.24) is 0 Å². The number of benzene rings is 1. The number of anilines is 1. The number of thiophene rings is 1. The summed E-state index contributed by atoms with van der Waals surface area (Å²) in [6, 6.07) is 6.33. The normalized spacial score (nSPS) is 15.2. The highest BCUT2D eigenvalue weighted by Crippen LogP contribution is 2.39. The summed E-state index contributed by atoms with van der Waals surface area (Å²) >= 11 is 1.41. The third-order valence-electron chi connectivity index (χ3n) is 4.64. The average molecular weight is 400 g/mol. The Hall–Kier alpha value is -3.05. The molecule has 28 heavy (non-hydrogen) atoms. The molecule has 0 fully saturated rings. The average Bonchev–Trinajstić information content (AvgIpc) is 3.01. The Morgan fingerprint density at radius 3 is 2.89 bits per heavy atom. The van der Waals surface area contributed by atoms with Crippen molar-refractivity contribution in [3.8, 4) is 17.6 Å². The zero-order valence-corrected chi connectivity index (χ0v) is 16.4. The summed E-state index contributed by atoms with van der Waals surface area (Å²) in [5.74, 6) is -0.706. The molecule has 146 valence electrons. The van der Waals surface area contributed by atoms with Crippen molar-refractivity contribution in [2.24, 2.45) is 5.92 Å². The topological polar surface area (TPSA) is 109 Å². The van der Waals surface area contributed by atoms with Gasteiger partial charge < -0.3 is 19.9 Å². The number of rotatable bonds is 5. The molecule has 7 nitrogen and oxygen atoms in total. The Kier molecular flexibility index (Phi) is 5.85. The van der Waals surface area contributed by atoms with E-state index in [1.165, 1.54) is 36.6 Å². The van der Waals surface area contributed by atoms with Gasteiger partial charge in [-0.1, -0.05) is 6.92 Å². The minimum Gasteiger partial charge on any atom is -0.507 e. The van der Waals surface area contributed by atoms with Crippen LogP contribution in [0.1, 0.15) is 39.7 Å². The Labute approximate surface area is 166 Å². The molecule has 0 aliphatic heterocycles. The van der Waals surface area contributed by atoms with Crippen LogP contribution in [-0.2, 0) is 22.4 Å². The number of carbonyl (C=O) groups is 2. The highest BCUT2D eigenvalue weighted by atomic mass is 32.1. The van der Waals surface area contributed by atoms with E-state index in [1.54, 1.807) is 0 Å². The predicted octanol–water partition coefficient (Wildman–Crippen LogP) is 3.25. The van der Waals surface area contributed by atoms with Crippen LogP contribution < -0.4 is 10.1 Å². The van der Waals surface area contributed by atoms with Crippen molar-refractivity contribution in [3.05, 3.63) is 39.8 Å². The highest BCUT2D eigenvalue weighted by molar-refractivity contribution is 7.16. The summed E-state index contributed by atoms with van der Waals surface area (Å²) in [6.07, 6.45) is 2.75. The van der Waals surface area contributed by atoms with Crippen LogP contribution in [0.2, 0.25) is 0 Å². The number of esters is 1. The van der Waals surface area contributed by atoms with Crippen LogP contribution >= 0.6 is 11.3 Å². The number of nitrogens with zero attached hydrogens (tertiary/aromatic N) is 1. The smallest absolute Gasteiger partial charge is 0.342 e. The molecule has 0 radical (unpaired) electrons. The quantitative estimate of drug-likeness (QED) is 0.746. The van der Waals surface area contributed by atoms with E-state index in [0.29, 0.717) is 22.2 Å². The summed E-state index contributed by atoms with van der Waals surface area (Å²) in [5, 5.41) is 22.5. The molecule has 1 aromatic heterocycles. The number of nitriles is 1. The fourth-order valence-electron chi connectivity index (χ4n) is 3.14. The van der Waals surface area contributed by atoms with E-state index in [9.17, 15) is 20.0 Å². The van der Waals surface area contributed by atoms with Crippen molar-refractivity contribution < 1.29 is 24.2 Å². The second-order valence-corrected chi connectivity index (χ2v) is 7.78. The lowest BCUT2D eigenvalue weighted by molar-refractivity contribution is -0.119. The molecule has 0 spiro atoms. The van der Waals surface area contributed by atoms with E-state index >= 15 is 0 Å². The maximum atomic E-state index is 12.2. The van der Waals surface area contributed by atoms with Gasteiger partial charge in [-0.2, -0.15) is 5.26 Å². The molecule has 1 aliphatic carbocycles. The molecule has 0 saturated carbocycles. The van der Waals surface area contributed by atoms with Gasteiger partial charge in [-0.3, -0.25) is 4.79 Å². The molecule has 0 unspecified atom stereocenters. The number of carbonyl (C=O) groups excluding carboxylic acids is 2. The number of ether oxygens (including phenoxy) is 2. The molecule has 0 bridgehead atoms. The Balaban J connectivity index is 1.64. The fraction of sp³-hybridized carbons (Fsp3) is 0.350. The van der Waals surface area contributed by atoms with Crippen molar-refractivity contribution in [1.29, 1.82) is 5.26 Å². The van der Waals surface area contributed by atoms with Gasteiger partial charge in [0.05, 0.1) is 12.7 Å². The molecule has 1 aliphatic rings. The zero-order valence-electron chi connectivity index (χ0n) is 15.6. The number of methoxy groups -OCH3 is 1. The highest BCUT2D eigenvalue weighted by Gasteiger charge is 2.25. The van der Waals surface area contributed by atoms with E-state index in [-0.39, 0.29) is 11.3 Å². The van der Waals surface area contributed by atoms with Gasteiger partial charge in [0.15, 0.2) is 6.61 Å². The van der Waals surface area contributed by atoms with Gasteiger partial charge in [-0.25, -0.2) is 4.79 Å². The van der Waals surface area contributed by atoms with Crippen LogP contribution in [0.3, 0.4) is 0 Å². The van der Waals surface area contributed by atoms with Crippen molar-refractivity contribution >= 4 is 28.2 Å². The van der Waals surface area contributed by atoms with Crippen LogP contribution in [0.25, 0.3) is 0 Å². The second-order valence-electron chi connectivity index (χ2n) is 6.68. The van der Waals surface area contributed by atoms with Gasteiger partial charge in [0.1, 0.15) is 28.1 Å². The molecule has 1 amide bonds. The third-order valence-corrected chi connectivity index (χ3v) is 5.81. The monoisotopic (exact) mass is 400 g/mol. The van der Waals surface area contributed by atoms with Crippen molar-refractivity contribution in [2.45, 2.75) is 26.2 Å². The standard InChI is InChI=1S/C20H20N2O5S/c1-11-3-5-13-15(9-21)19(28-17(13)7-11)22-18(24)10-27-20(25)14-6-4-12(26-2)8-16(14)23/h4,6,8,11,23H,3,5,7,10H2,1-2H3,(H,22,24)/t11-/m0/s1. The molecular weight excluding hydrogens is 380 g/mol. The lowest BCUT2D eigenvalue weighted by Crippen LogP contribution is -2.21. The number of phenolic OH excluding ortho intramolecular Hbond substituents is 1. The summed E-state index contributed by atoms with van der Waals surface area (Å²) in [4.78, 5) is 25.4. The first-order valence-corrected chi connectivity index (χ1v) is 9.63. The van der Waals surface area contributed by atoms with Crippen molar-refractivity contribution in [2.75, 3.05) is 19.0 Å². The van der Waals surface area contributed by atoms with Crippen LogP contribution in [-0.4, -0.2) is 30.7 Å². The molecule has 2 aromatic rings. The van der Waals surface area contributed by atoms with Gasteiger partial charge in [0.25, 0.3) is 5.91 Å². The minimum absolute atomic E-state index is 0.0631. The van der Waals surface area contributed by atoms with E-state index in [0.717, 1.165) is 29.7 Å². The Morgan fingerprint density at radius 2 is 2.21 bits per heavy atom. The molecule has 2 N–H and O–H groups in total. The predicted molar refractivity (Wildman–Crippen MR) is 104 cm³/mol. The number of phenols is 1. The van der Waals surface area contributed by atoms with E-state index < -0.39 is 18.5 Å². The molecule has 1 aromatic carbocycles. The molecule has 1 atom stereocenters. The van der Waals surface area contributed by atoms with E-state index in [4.69, 9.17) is 9.47 Å². The Morgan fingerprint density at radius 1 is 1.43 bits per heavy atom. The number of amides is 1. The van der Waals surface area contributed by atoms with Crippen LogP contribution in [0, 0.1) is 17.2 Å². The minimum atomic E-state index is -0.824. The molecular formula is C20H20N2O5S. The summed E-state index contributed by atoms with van der Waals surface area (Å²) in [5.41, 5.74) is 1.45. The lowest BCUT2D eigenvalue weighted by Gasteiger charge is -2.17. The maximum absolute atomic E-state index is 12.2. The largest absolute Gasteiger partial charge is 0.507 e. The maximum Gasteiger partial charge on any atom is 0.342 e. The van der Waals surface area contributed by atoms with Crippen LogP contribution in [0.5, 0.6) is 11.5 Å². The van der Waals surface area contributed by atoms with Gasteiger partial charge in [0, 0.05) is 10.9 Å². The molecule has 8 heteroatoms. The lowest BCUT2D eigenvalue weighted by atomic mass is 9.89. The number of nitrogens with one attached hydrogen (secondary N) is 1. The first kappa shape index (κ1) is 19.7. The SMILES string of the molecule is COc1ccc(C(=O)OCC(=O)Nc2sc3c(c2C#N)CC[C@H](C)C3)c(O)c1. The fourth-order valence-corrected chi connectivity index (χ4v) is 4.52. The van der Waals surface area contributed by atoms with E-state index in [2.05, 4.69) is 18.3 Å². The van der Waals surface area contributed by atoms with Gasteiger partial charge in [-0.05, 0) is 42.9 Å². The number of hydrogen-bond acceptors (Lipinski definition) is 7. The first-order chi connectivity index (χ1) is 13.4. The molecule has 1 heterocycles. The van der Waals surface area contributed by atoms with Gasteiger partial charge in [0.2, 0.25) is 0 Å². The number of aromatic hydroxyl groups is 1. The zero-order chi connectivity index (χ0) is 20.3. The Bertz CT molecular complexity index is 960. The summed E-state index contributed by atoms with van der Waals surface area (Å²) in [6.45, 7) is 1.65. The summed E-state index contributed by atoms with van der Waals surface area (Å²) in [7, 11) is 1.44. The van der Waals surface area contributed by atoms with E-state index in [1.807, 2.05) is 0 Å². The first-order valence-electron chi connectivity index (χ1n) is 8.81. The van der Waals surface area contributed by atoms with Crippen LogP contribution in [0.15, 0.2) is 18.2 Å². The molecule has 0 saturated heterocycles. The number of hydrogen-bond donors (Lipinski definition) is 2. The van der Waals surface area contributed by atoms with Crippen LogP contribution in [0.4, 0.5) is 5.00 Å². The molecule has 3 rings (SSSR count). The third kappa shape index (κ3) is 4.10. The van der Waals surface area contributed by atoms with Gasteiger partial charge >= 0.3 is 5.97 Å². The van der Waals surface area contributed by atoms with Crippen molar-refractivity contribution in [3.63, 3.8) is 0 Å². The summed E-state index contributed by atoms with van der Waals surface area (Å²) < 4.78 is 9.93. The number of fused-ring (bicyclic) bond motifs is 1.